The molecule has 0 aliphatic rings. The van der Waals surface area contributed by atoms with Crippen molar-refractivity contribution in [2.24, 2.45) is 5.73 Å². The van der Waals surface area contributed by atoms with Gasteiger partial charge in [-0.1, -0.05) is 0 Å². The van der Waals surface area contributed by atoms with Gasteiger partial charge in [0.15, 0.2) is 0 Å². The summed E-state index contributed by atoms with van der Waals surface area (Å²) in [5.41, 5.74) is 6.89. The van der Waals surface area contributed by atoms with E-state index >= 15 is 0 Å². The van der Waals surface area contributed by atoms with E-state index in [1.165, 1.54) is 13.3 Å². The highest BCUT2D eigenvalue weighted by Gasteiger charge is 2.13. The molecule has 0 atom stereocenters. The van der Waals surface area contributed by atoms with Crippen LogP contribution in [0.1, 0.15) is 29.9 Å². The van der Waals surface area contributed by atoms with Crippen LogP contribution in [0.15, 0.2) is 18.3 Å². The Bertz CT molecular complexity index is 339. The van der Waals surface area contributed by atoms with Gasteiger partial charge in [-0.25, -0.2) is 4.79 Å². The van der Waals surface area contributed by atoms with Crippen LogP contribution in [-0.2, 0) is 11.2 Å². The maximum atomic E-state index is 11.1. The van der Waals surface area contributed by atoms with Crippen molar-refractivity contribution in [1.82, 2.24) is 4.98 Å². The fourth-order valence-electron chi connectivity index (χ4n) is 1.23. The first-order valence-electron chi connectivity index (χ1n) is 4.74. The Morgan fingerprint density at radius 2 is 2.20 bits per heavy atom. The van der Waals surface area contributed by atoms with E-state index in [1.54, 1.807) is 12.1 Å². The van der Waals surface area contributed by atoms with Gasteiger partial charge >= 0.3 is 5.97 Å². The van der Waals surface area contributed by atoms with Crippen molar-refractivity contribution >= 4 is 5.97 Å². The van der Waals surface area contributed by atoms with Crippen molar-refractivity contribution in [2.75, 3.05) is 7.11 Å². The van der Waals surface area contributed by atoms with Crippen LogP contribution >= 0.6 is 0 Å². The van der Waals surface area contributed by atoms with Gasteiger partial charge in [-0.05, 0) is 26.0 Å². The van der Waals surface area contributed by atoms with Crippen LogP contribution in [-0.4, -0.2) is 23.6 Å². The molecule has 0 aromatic carbocycles. The average molecular weight is 208 g/mol. The number of aromatic nitrogens is 1. The smallest absolute Gasteiger partial charge is 0.339 e. The van der Waals surface area contributed by atoms with E-state index in [9.17, 15) is 4.79 Å². The first-order chi connectivity index (χ1) is 6.92. The molecule has 15 heavy (non-hydrogen) atoms. The van der Waals surface area contributed by atoms with Crippen molar-refractivity contribution in [1.29, 1.82) is 0 Å². The van der Waals surface area contributed by atoms with Gasteiger partial charge in [0.05, 0.1) is 12.7 Å². The normalized spacial score (nSPS) is 11.2. The molecule has 1 heterocycles. The van der Waals surface area contributed by atoms with Crippen LogP contribution < -0.4 is 5.73 Å². The molecule has 0 aliphatic carbocycles. The van der Waals surface area contributed by atoms with Crippen LogP contribution in [0.5, 0.6) is 0 Å². The molecule has 0 saturated carbocycles. The molecule has 82 valence electrons. The molecule has 0 amide bonds. The molecular formula is C11H16N2O2. The zero-order chi connectivity index (χ0) is 11.5. The Morgan fingerprint density at radius 3 is 2.60 bits per heavy atom. The number of hydrogen-bond donors (Lipinski definition) is 1. The Morgan fingerprint density at radius 1 is 1.53 bits per heavy atom. The number of hydrogen-bond acceptors (Lipinski definition) is 4. The number of carbonyl (C=O) groups excluding carboxylic acids is 1. The summed E-state index contributed by atoms with van der Waals surface area (Å²) in [6.07, 6.45) is 2.18. The van der Waals surface area contributed by atoms with Gasteiger partial charge in [0.1, 0.15) is 0 Å². The highest BCUT2D eigenvalue weighted by molar-refractivity contribution is 5.88. The molecule has 0 fully saturated rings. The van der Waals surface area contributed by atoms with E-state index in [0.717, 1.165) is 5.69 Å². The summed E-state index contributed by atoms with van der Waals surface area (Å²) < 4.78 is 4.57. The molecule has 1 aromatic heterocycles. The standard InChI is InChI=1S/C11H16N2O2/c1-11(2,12)6-9-5-4-8(7-13-9)10(14)15-3/h4-5,7H,6,12H2,1-3H3. The quantitative estimate of drug-likeness (QED) is 0.757. The zero-order valence-electron chi connectivity index (χ0n) is 9.28. The molecule has 0 saturated heterocycles. The fourth-order valence-corrected chi connectivity index (χ4v) is 1.23. The molecule has 4 nitrogen and oxygen atoms in total. The third-order valence-corrected chi connectivity index (χ3v) is 1.88. The highest BCUT2D eigenvalue weighted by Crippen LogP contribution is 2.08. The summed E-state index contributed by atoms with van der Waals surface area (Å²) in [5.74, 6) is -0.374. The predicted octanol–water partition coefficient (Wildman–Crippen LogP) is 1.15. The molecule has 0 unspecified atom stereocenters. The second kappa shape index (κ2) is 4.40. The van der Waals surface area contributed by atoms with E-state index < -0.39 is 0 Å². The molecule has 0 bridgehead atoms. The fraction of sp³-hybridized carbons (Fsp3) is 0.455. The number of methoxy groups -OCH3 is 1. The number of pyridine rings is 1. The van der Waals surface area contributed by atoms with E-state index in [4.69, 9.17) is 5.73 Å². The number of nitrogens with zero attached hydrogens (tertiary/aromatic N) is 1. The third-order valence-electron chi connectivity index (χ3n) is 1.88. The summed E-state index contributed by atoms with van der Waals surface area (Å²) in [6, 6.07) is 3.49. The highest BCUT2D eigenvalue weighted by atomic mass is 16.5. The molecule has 0 radical (unpaired) electrons. The van der Waals surface area contributed by atoms with Crippen molar-refractivity contribution in [3.63, 3.8) is 0 Å². The number of ether oxygens (including phenoxy) is 1. The van der Waals surface area contributed by atoms with Crippen molar-refractivity contribution in [3.8, 4) is 0 Å². The minimum absolute atomic E-state index is 0.292. The second-order valence-electron chi connectivity index (χ2n) is 4.20. The maximum Gasteiger partial charge on any atom is 0.339 e. The Balaban J connectivity index is 2.77. The van der Waals surface area contributed by atoms with Gasteiger partial charge in [0.25, 0.3) is 0 Å². The molecule has 1 aromatic rings. The SMILES string of the molecule is COC(=O)c1ccc(CC(C)(C)N)nc1. The lowest BCUT2D eigenvalue weighted by Gasteiger charge is -2.17. The Hall–Kier alpha value is -1.42. The first kappa shape index (κ1) is 11.7. The zero-order valence-corrected chi connectivity index (χ0v) is 9.28. The van der Waals surface area contributed by atoms with Crippen LogP contribution in [0.2, 0.25) is 0 Å². The van der Waals surface area contributed by atoms with Crippen LogP contribution in [0.4, 0.5) is 0 Å². The van der Waals surface area contributed by atoms with E-state index in [-0.39, 0.29) is 11.5 Å². The second-order valence-corrected chi connectivity index (χ2v) is 4.20. The van der Waals surface area contributed by atoms with Gasteiger partial charge in [-0.15, -0.1) is 0 Å². The van der Waals surface area contributed by atoms with Crippen molar-refractivity contribution in [2.45, 2.75) is 25.8 Å². The lowest BCUT2D eigenvalue weighted by molar-refractivity contribution is 0.0600. The van der Waals surface area contributed by atoms with Gasteiger partial charge < -0.3 is 10.5 Å². The average Bonchev–Trinajstić information content (AvgIpc) is 2.15. The molecule has 0 spiro atoms. The van der Waals surface area contributed by atoms with E-state index in [2.05, 4.69) is 9.72 Å². The summed E-state index contributed by atoms with van der Waals surface area (Å²) in [4.78, 5) is 15.3. The van der Waals surface area contributed by atoms with Crippen molar-refractivity contribution in [3.05, 3.63) is 29.6 Å². The van der Waals surface area contributed by atoms with Crippen molar-refractivity contribution < 1.29 is 9.53 Å². The predicted molar refractivity (Wildman–Crippen MR) is 57.5 cm³/mol. The van der Waals surface area contributed by atoms with Crippen LogP contribution in [0.3, 0.4) is 0 Å². The molecule has 0 aliphatic heterocycles. The number of carbonyl (C=O) groups is 1. The van der Waals surface area contributed by atoms with Gasteiger partial charge in [-0.3, -0.25) is 4.98 Å². The summed E-state index contributed by atoms with van der Waals surface area (Å²) >= 11 is 0. The third kappa shape index (κ3) is 3.67. The van der Waals surface area contributed by atoms with E-state index in [1.807, 2.05) is 13.8 Å². The summed E-state index contributed by atoms with van der Waals surface area (Å²) in [7, 11) is 1.35. The monoisotopic (exact) mass is 208 g/mol. The minimum Gasteiger partial charge on any atom is -0.465 e. The molecule has 1 rings (SSSR count). The Labute approximate surface area is 89.5 Å². The number of nitrogens with two attached hydrogens (primary N) is 1. The lowest BCUT2D eigenvalue weighted by Crippen LogP contribution is -2.34. The maximum absolute atomic E-state index is 11.1. The number of rotatable bonds is 3. The molecular weight excluding hydrogens is 192 g/mol. The number of esters is 1. The van der Waals surface area contributed by atoms with Gasteiger partial charge in [-0.2, -0.15) is 0 Å². The largest absolute Gasteiger partial charge is 0.465 e. The molecule has 2 N–H and O–H groups in total. The topological polar surface area (TPSA) is 65.2 Å². The Kier molecular flexibility index (Phi) is 3.42. The van der Waals surface area contributed by atoms with Crippen LogP contribution in [0, 0.1) is 0 Å². The van der Waals surface area contributed by atoms with Gasteiger partial charge in [0, 0.05) is 23.9 Å². The van der Waals surface area contributed by atoms with E-state index in [0.29, 0.717) is 12.0 Å². The van der Waals surface area contributed by atoms with Crippen LogP contribution in [0.25, 0.3) is 0 Å². The van der Waals surface area contributed by atoms with Gasteiger partial charge in [0.2, 0.25) is 0 Å². The molecule has 4 heteroatoms. The minimum atomic E-state index is -0.374. The summed E-state index contributed by atoms with van der Waals surface area (Å²) in [5, 5.41) is 0. The lowest BCUT2D eigenvalue weighted by atomic mass is 9.99. The summed E-state index contributed by atoms with van der Waals surface area (Å²) in [6.45, 7) is 3.87. The first-order valence-corrected chi connectivity index (χ1v) is 4.74.